The van der Waals surface area contributed by atoms with Crippen LogP contribution in [-0.4, -0.2) is 19.6 Å². The van der Waals surface area contributed by atoms with Crippen LogP contribution in [0.25, 0.3) is 0 Å². The molecule has 1 aromatic carbocycles. The molecule has 0 radical (unpaired) electrons. The van der Waals surface area contributed by atoms with E-state index in [2.05, 4.69) is 10.1 Å². The van der Waals surface area contributed by atoms with Gasteiger partial charge in [0.25, 0.3) is 0 Å². The van der Waals surface area contributed by atoms with Crippen LogP contribution in [-0.2, 0) is 16.1 Å². The molecule has 0 amide bonds. The normalized spacial score (nSPS) is 9.56. The summed E-state index contributed by atoms with van der Waals surface area (Å²) in [6.07, 6.45) is 0. The van der Waals surface area contributed by atoms with Gasteiger partial charge in [-0.05, 0) is 6.07 Å². The van der Waals surface area contributed by atoms with E-state index in [0.717, 1.165) is 0 Å². The van der Waals surface area contributed by atoms with Crippen LogP contribution in [0.2, 0.25) is 0 Å². The fourth-order valence-corrected chi connectivity index (χ4v) is 1.17. The fraction of sp³-hybridized carbons (Fsp3) is 0.273. The zero-order chi connectivity index (χ0) is 12.0. The van der Waals surface area contributed by atoms with E-state index in [1.807, 2.05) is 0 Å². The molecule has 0 unspecified atom stereocenters. The number of esters is 1. The molecule has 1 aromatic rings. The molecule has 0 aromatic heterocycles. The van der Waals surface area contributed by atoms with Gasteiger partial charge in [0.1, 0.15) is 11.9 Å². The fourth-order valence-electron chi connectivity index (χ4n) is 1.17. The molecule has 1 rings (SSSR count). The van der Waals surface area contributed by atoms with E-state index >= 15 is 0 Å². The third-order valence-electron chi connectivity index (χ3n) is 2.01. The lowest BCUT2D eigenvalue weighted by Crippen LogP contribution is -2.23. The van der Waals surface area contributed by atoms with Gasteiger partial charge in [-0.25, -0.2) is 4.39 Å². The summed E-state index contributed by atoms with van der Waals surface area (Å²) in [6, 6.07) is 6.30. The number of ether oxygens (including phenoxy) is 1. The molecule has 0 saturated carbocycles. The summed E-state index contributed by atoms with van der Waals surface area (Å²) in [5.74, 6) is -0.973. The Kier molecular flexibility index (Phi) is 4.42. The van der Waals surface area contributed by atoms with Gasteiger partial charge in [-0.3, -0.25) is 4.79 Å². The Morgan fingerprint density at radius 2 is 2.38 bits per heavy atom. The minimum atomic E-state index is -0.553. The van der Waals surface area contributed by atoms with Crippen LogP contribution in [0.3, 0.4) is 0 Å². The van der Waals surface area contributed by atoms with Crippen molar-refractivity contribution in [1.82, 2.24) is 5.32 Å². The topological polar surface area (TPSA) is 62.1 Å². The van der Waals surface area contributed by atoms with Crippen molar-refractivity contribution in [3.63, 3.8) is 0 Å². The second kappa shape index (κ2) is 5.83. The maximum atomic E-state index is 13.5. The van der Waals surface area contributed by atoms with Crippen LogP contribution in [0, 0.1) is 17.1 Å². The Labute approximate surface area is 92.6 Å². The van der Waals surface area contributed by atoms with Crippen LogP contribution < -0.4 is 5.32 Å². The second-order valence-electron chi connectivity index (χ2n) is 3.07. The molecule has 1 N–H and O–H groups in total. The first-order valence-corrected chi connectivity index (χ1v) is 4.64. The molecule has 0 aliphatic heterocycles. The number of nitriles is 1. The summed E-state index contributed by atoms with van der Waals surface area (Å²) in [7, 11) is 1.28. The summed E-state index contributed by atoms with van der Waals surface area (Å²) in [5.41, 5.74) is 0.348. The number of hydrogen-bond acceptors (Lipinski definition) is 4. The first-order chi connectivity index (χ1) is 7.69. The van der Waals surface area contributed by atoms with Crippen LogP contribution >= 0.6 is 0 Å². The van der Waals surface area contributed by atoms with E-state index in [0.29, 0.717) is 5.56 Å². The van der Waals surface area contributed by atoms with Gasteiger partial charge >= 0.3 is 5.97 Å². The Balaban J connectivity index is 2.61. The molecule has 0 heterocycles. The summed E-state index contributed by atoms with van der Waals surface area (Å²) in [5, 5.41) is 11.3. The van der Waals surface area contributed by atoms with E-state index in [4.69, 9.17) is 5.26 Å². The SMILES string of the molecule is COC(=O)CNCc1cccc(C#N)c1F. The zero-order valence-electron chi connectivity index (χ0n) is 8.79. The number of carbonyl (C=O) groups is 1. The first kappa shape index (κ1) is 12.1. The minimum Gasteiger partial charge on any atom is -0.468 e. The number of nitrogens with one attached hydrogen (secondary N) is 1. The Hall–Kier alpha value is -1.93. The number of halogens is 1. The van der Waals surface area contributed by atoms with Crippen molar-refractivity contribution in [2.45, 2.75) is 6.54 Å². The van der Waals surface area contributed by atoms with Crippen molar-refractivity contribution < 1.29 is 13.9 Å². The third-order valence-corrected chi connectivity index (χ3v) is 2.01. The summed E-state index contributed by atoms with van der Waals surface area (Å²) >= 11 is 0. The van der Waals surface area contributed by atoms with Crippen molar-refractivity contribution in [2.75, 3.05) is 13.7 Å². The lowest BCUT2D eigenvalue weighted by Gasteiger charge is -2.05. The Bertz CT molecular complexity index is 426. The van der Waals surface area contributed by atoms with Crippen molar-refractivity contribution in [3.8, 4) is 6.07 Å². The highest BCUT2D eigenvalue weighted by molar-refractivity contribution is 5.71. The van der Waals surface area contributed by atoms with Gasteiger partial charge in [-0.2, -0.15) is 5.26 Å². The van der Waals surface area contributed by atoms with Gasteiger partial charge in [-0.15, -0.1) is 0 Å². The molecule has 5 heteroatoms. The highest BCUT2D eigenvalue weighted by Crippen LogP contribution is 2.11. The monoisotopic (exact) mass is 222 g/mol. The average molecular weight is 222 g/mol. The molecule has 16 heavy (non-hydrogen) atoms. The smallest absolute Gasteiger partial charge is 0.319 e. The number of carbonyl (C=O) groups excluding carboxylic acids is 1. The molecule has 0 aliphatic rings. The van der Waals surface area contributed by atoms with Gasteiger partial charge in [0.2, 0.25) is 0 Å². The largest absolute Gasteiger partial charge is 0.468 e. The van der Waals surface area contributed by atoms with E-state index in [1.165, 1.54) is 13.2 Å². The number of rotatable bonds is 4. The standard InChI is InChI=1S/C11H11FN2O2/c1-16-10(15)7-14-6-9-4-2-3-8(5-13)11(9)12/h2-4,14H,6-7H2,1H3. The lowest BCUT2D eigenvalue weighted by atomic mass is 10.1. The molecule has 0 fully saturated rings. The van der Waals surface area contributed by atoms with E-state index in [9.17, 15) is 9.18 Å². The number of hydrogen-bond donors (Lipinski definition) is 1. The van der Waals surface area contributed by atoms with Gasteiger partial charge in [0.05, 0.1) is 19.2 Å². The van der Waals surface area contributed by atoms with E-state index < -0.39 is 11.8 Å². The predicted octanol–water partition coefficient (Wildman–Crippen LogP) is 0.960. The predicted molar refractivity (Wildman–Crippen MR) is 54.8 cm³/mol. The average Bonchev–Trinajstić information content (AvgIpc) is 2.31. The highest BCUT2D eigenvalue weighted by Gasteiger charge is 2.07. The quantitative estimate of drug-likeness (QED) is 0.771. The lowest BCUT2D eigenvalue weighted by molar-refractivity contribution is -0.139. The van der Waals surface area contributed by atoms with Gasteiger partial charge < -0.3 is 10.1 Å². The van der Waals surface area contributed by atoms with E-state index in [-0.39, 0.29) is 18.7 Å². The molecule has 0 spiro atoms. The second-order valence-corrected chi connectivity index (χ2v) is 3.07. The van der Waals surface area contributed by atoms with Crippen LogP contribution in [0.1, 0.15) is 11.1 Å². The Morgan fingerprint density at radius 1 is 1.62 bits per heavy atom. The minimum absolute atomic E-state index is 0.00244. The third kappa shape index (κ3) is 3.04. The summed E-state index contributed by atoms with van der Waals surface area (Å²) < 4.78 is 17.9. The molecule has 0 bridgehead atoms. The molecular formula is C11H11FN2O2. The van der Waals surface area contributed by atoms with Crippen LogP contribution in [0.5, 0.6) is 0 Å². The van der Waals surface area contributed by atoms with E-state index in [1.54, 1.807) is 18.2 Å². The number of benzene rings is 1. The zero-order valence-corrected chi connectivity index (χ0v) is 8.79. The number of nitrogens with zero attached hydrogens (tertiary/aromatic N) is 1. The molecule has 0 saturated heterocycles. The summed E-state index contributed by atoms with van der Waals surface area (Å²) in [6.45, 7) is 0.184. The van der Waals surface area contributed by atoms with Crippen molar-refractivity contribution in [2.24, 2.45) is 0 Å². The maximum Gasteiger partial charge on any atom is 0.319 e. The van der Waals surface area contributed by atoms with Crippen LogP contribution in [0.15, 0.2) is 18.2 Å². The molecule has 4 nitrogen and oxygen atoms in total. The van der Waals surface area contributed by atoms with Gasteiger partial charge in [-0.1, -0.05) is 12.1 Å². The number of methoxy groups -OCH3 is 1. The highest BCUT2D eigenvalue weighted by atomic mass is 19.1. The molecular weight excluding hydrogens is 211 g/mol. The summed E-state index contributed by atoms with van der Waals surface area (Å²) in [4.78, 5) is 10.8. The van der Waals surface area contributed by atoms with Gasteiger partial charge in [0, 0.05) is 12.1 Å². The molecule has 84 valence electrons. The van der Waals surface area contributed by atoms with Crippen LogP contribution in [0.4, 0.5) is 4.39 Å². The molecule has 0 atom stereocenters. The maximum absolute atomic E-state index is 13.5. The van der Waals surface area contributed by atoms with Crippen molar-refractivity contribution >= 4 is 5.97 Å². The Morgan fingerprint density at radius 3 is 3.00 bits per heavy atom. The molecule has 0 aliphatic carbocycles. The van der Waals surface area contributed by atoms with Crippen molar-refractivity contribution in [3.05, 3.63) is 35.1 Å². The first-order valence-electron chi connectivity index (χ1n) is 4.64. The van der Waals surface area contributed by atoms with Crippen molar-refractivity contribution in [1.29, 1.82) is 5.26 Å². The van der Waals surface area contributed by atoms with Gasteiger partial charge in [0.15, 0.2) is 0 Å².